The van der Waals surface area contributed by atoms with Crippen molar-refractivity contribution < 1.29 is 0 Å². The summed E-state index contributed by atoms with van der Waals surface area (Å²) in [5.74, 6) is 0. The van der Waals surface area contributed by atoms with Crippen LogP contribution in [0.4, 0.5) is 0 Å². The van der Waals surface area contributed by atoms with Crippen molar-refractivity contribution in [2.45, 2.75) is 25.7 Å². The van der Waals surface area contributed by atoms with Gasteiger partial charge in [-0.15, -0.1) is 0 Å². The van der Waals surface area contributed by atoms with E-state index in [1.807, 2.05) is 49.4 Å². The van der Waals surface area contributed by atoms with Crippen LogP contribution in [0.1, 0.15) is 34.4 Å². The Bertz CT molecular complexity index is 2820. The zero-order valence-corrected chi connectivity index (χ0v) is 27.8. The molecule has 1 N–H and O–H groups in total. The van der Waals surface area contributed by atoms with Crippen LogP contribution in [0.5, 0.6) is 0 Å². The number of aryl methyl sites for hydroxylation is 2. The molecule has 0 radical (unpaired) electrons. The average molecular weight is 657 g/mol. The first-order valence-corrected chi connectivity index (χ1v) is 17.6. The Balaban J connectivity index is 1.16. The Morgan fingerprint density at radius 2 is 1.25 bits per heavy atom. The van der Waals surface area contributed by atoms with E-state index in [1.165, 1.54) is 88.5 Å². The number of nitrogens with zero attached hydrogens (tertiary/aromatic N) is 5. The fraction of sp³-hybridized carbons (Fsp3) is 0.0889. The molecular formula is C45H32N6. The topological polar surface area (TPSA) is 64.3 Å². The molecule has 0 bridgehead atoms. The molecule has 2 aliphatic rings. The van der Waals surface area contributed by atoms with Crippen molar-refractivity contribution in [2.75, 3.05) is 0 Å². The number of fused-ring (bicyclic) bond motifs is 9. The lowest BCUT2D eigenvalue weighted by molar-refractivity contribution is 0.894. The van der Waals surface area contributed by atoms with E-state index in [9.17, 15) is 0 Å². The smallest absolute Gasteiger partial charge is 0.0642 e. The van der Waals surface area contributed by atoms with Gasteiger partial charge >= 0.3 is 0 Å². The molecule has 0 aliphatic heterocycles. The Labute approximate surface area is 294 Å². The zero-order chi connectivity index (χ0) is 33.5. The molecule has 11 rings (SSSR count). The summed E-state index contributed by atoms with van der Waals surface area (Å²) in [6.07, 6.45) is 21.9. The third kappa shape index (κ3) is 4.33. The molecule has 6 heterocycles. The van der Waals surface area contributed by atoms with Gasteiger partial charge < -0.3 is 14.1 Å². The Kier molecular flexibility index (Phi) is 6.10. The molecule has 6 heteroatoms. The highest BCUT2D eigenvalue weighted by molar-refractivity contribution is 6.12. The predicted molar refractivity (Wildman–Crippen MR) is 206 cm³/mol. The number of nitrogens with one attached hydrogen (secondary N) is 1. The van der Waals surface area contributed by atoms with Crippen LogP contribution >= 0.6 is 0 Å². The van der Waals surface area contributed by atoms with Gasteiger partial charge in [-0.1, -0.05) is 6.07 Å². The number of hydrogen-bond donors (Lipinski definition) is 1. The summed E-state index contributed by atoms with van der Waals surface area (Å²) in [5, 5.41) is 3.86. The number of pyridine rings is 3. The second-order valence-electron chi connectivity index (χ2n) is 13.7. The lowest BCUT2D eigenvalue weighted by atomic mass is 9.83. The molecule has 51 heavy (non-hydrogen) atoms. The molecule has 2 aliphatic carbocycles. The Hall–Kier alpha value is -6.53. The van der Waals surface area contributed by atoms with Gasteiger partial charge in [-0.05, 0) is 155 Å². The van der Waals surface area contributed by atoms with E-state index < -0.39 is 0 Å². The normalized spacial score (nSPS) is 13.7. The van der Waals surface area contributed by atoms with Crippen molar-refractivity contribution in [2.24, 2.45) is 0 Å². The number of H-pyrrole nitrogens is 1. The maximum absolute atomic E-state index is 4.55. The molecule has 9 aromatic rings. The van der Waals surface area contributed by atoms with Crippen LogP contribution in [-0.2, 0) is 19.3 Å². The Morgan fingerprint density at radius 1 is 0.529 bits per heavy atom. The Morgan fingerprint density at radius 3 is 1.98 bits per heavy atom. The van der Waals surface area contributed by atoms with Crippen LogP contribution in [0.15, 0.2) is 135 Å². The molecule has 0 saturated heterocycles. The minimum absolute atomic E-state index is 0.965. The second kappa shape index (κ2) is 11.0. The third-order valence-electron chi connectivity index (χ3n) is 11.0. The highest BCUT2D eigenvalue weighted by atomic mass is 15.0. The van der Waals surface area contributed by atoms with Crippen molar-refractivity contribution in [3.05, 3.63) is 162 Å². The van der Waals surface area contributed by atoms with Gasteiger partial charge in [-0.3, -0.25) is 15.0 Å². The summed E-state index contributed by atoms with van der Waals surface area (Å²) < 4.78 is 4.87. The second-order valence-corrected chi connectivity index (χ2v) is 13.7. The molecule has 242 valence electrons. The van der Waals surface area contributed by atoms with Crippen LogP contribution in [-0.4, -0.2) is 29.1 Å². The van der Waals surface area contributed by atoms with E-state index in [2.05, 4.69) is 120 Å². The fourth-order valence-corrected chi connectivity index (χ4v) is 8.69. The van der Waals surface area contributed by atoms with E-state index in [4.69, 9.17) is 0 Å². The summed E-state index contributed by atoms with van der Waals surface area (Å²) >= 11 is 0. The van der Waals surface area contributed by atoms with Crippen LogP contribution in [0, 0.1) is 0 Å². The molecule has 0 unspecified atom stereocenters. The number of aromatic amines is 1. The zero-order valence-electron chi connectivity index (χ0n) is 27.8. The monoisotopic (exact) mass is 656 g/mol. The van der Waals surface area contributed by atoms with Gasteiger partial charge in [0, 0.05) is 70.8 Å². The van der Waals surface area contributed by atoms with Gasteiger partial charge in [-0.25, -0.2) is 0 Å². The summed E-state index contributed by atoms with van der Waals surface area (Å²) in [4.78, 5) is 16.4. The first kappa shape index (κ1) is 28.3. The SMILES string of the molecule is C1=C(c2ccncc2)CCc2c1c1cc3c(cc1n2-c1cccnc1)-c1cc2c(cc1CC3)c1cc(-c3ccncc3)ccc1n2-c1cc[nH]c1. The van der Waals surface area contributed by atoms with E-state index in [0.717, 1.165) is 37.1 Å². The average Bonchev–Trinajstić information content (AvgIpc) is 3.92. The van der Waals surface area contributed by atoms with Crippen molar-refractivity contribution in [3.8, 4) is 33.6 Å². The molecule has 0 atom stereocenters. The van der Waals surface area contributed by atoms with Gasteiger partial charge in [0.15, 0.2) is 0 Å². The molecule has 0 fully saturated rings. The number of hydrogen-bond acceptors (Lipinski definition) is 3. The molecule has 6 aromatic heterocycles. The standard InChI is InChI=1S/C45H32N6/c1-2-34(26-48-14-1)50-42-7-5-30(28-9-15-46-16-10-28)20-38(42)40-22-32-3-4-33-23-41-39-21-31(29-11-17-47-18-12-29)6-8-43(39)51(35-13-19-49-27-35)45(41)25-37(33)36(32)24-44(40)50/h1-2,6,8-27,49H,3-5,7H2. The molecule has 0 amide bonds. The van der Waals surface area contributed by atoms with Crippen LogP contribution in [0.3, 0.4) is 0 Å². The molecule has 0 spiro atoms. The number of benzene rings is 3. The van der Waals surface area contributed by atoms with Crippen molar-refractivity contribution in [1.29, 1.82) is 0 Å². The van der Waals surface area contributed by atoms with E-state index in [1.54, 1.807) is 0 Å². The first-order chi connectivity index (χ1) is 25.3. The van der Waals surface area contributed by atoms with Gasteiger partial charge in [0.05, 0.1) is 34.1 Å². The fourth-order valence-electron chi connectivity index (χ4n) is 8.69. The largest absolute Gasteiger partial charge is 0.366 e. The van der Waals surface area contributed by atoms with Crippen LogP contribution in [0.25, 0.3) is 78.0 Å². The summed E-state index contributed by atoms with van der Waals surface area (Å²) in [5.41, 5.74) is 19.0. The van der Waals surface area contributed by atoms with Crippen molar-refractivity contribution in [3.63, 3.8) is 0 Å². The molecule has 0 saturated carbocycles. The number of rotatable bonds is 4. The highest BCUT2D eigenvalue weighted by Crippen LogP contribution is 2.45. The highest BCUT2D eigenvalue weighted by Gasteiger charge is 2.26. The molecular weight excluding hydrogens is 625 g/mol. The summed E-state index contributed by atoms with van der Waals surface area (Å²) in [6, 6.07) is 31.5. The maximum Gasteiger partial charge on any atom is 0.0642 e. The lowest BCUT2D eigenvalue weighted by Crippen LogP contribution is -2.06. The van der Waals surface area contributed by atoms with Gasteiger partial charge in [0.2, 0.25) is 0 Å². The van der Waals surface area contributed by atoms with Crippen LogP contribution in [0.2, 0.25) is 0 Å². The number of allylic oxidation sites excluding steroid dienone is 1. The van der Waals surface area contributed by atoms with Gasteiger partial charge in [-0.2, -0.15) is 0 Å². The summed E-state index contributed by atoms with van der Waals surface area (Å²) in [6.45, 7) is 0. The number of aromatic nitrogens is 6. The summed E-state index contributed by atoms with van der Waals surface area (Å²) in [7, 11) is 0. The predicted octanol–water partition coefficient (Wildman–Crippen LogP) is 10.2. The molecule has 3 aromatic carbocycles. The first-order valence-electron chi connectivity index (χ1n) is 17.6. The molecule has 6 nitrogen and oxygen atoms in total. The van der Waals surface area contributed by atoms with E-state index in [0.29, 0.717) is 0 Å². The van der Waals surface area contributed by atoms with Gasteiger partial charge in [0.25, 0.3) is 0 Å². The lowest BCUT2D eigenvalue weighted by Gasteiger charge is -2.21. The quantitative estimate of drug-likeness (QED) is 0.205. The van der Waals surface area contributed by atoms with E-state index >= 15 is 0 Å². The van der Waals surface area contributed by atoms with Crippen LogP contribution < -0.4 is 0 Å². The van der Waals surface area contributed by atoms with Gasteiger partial charge in [0.1, 0.15) is 0 Å². The maximum atomic E-state index is 4.55. The van der Waals surface area contributed by atoms with E-state index in [-0.39, 0.29) is 0 Å². The minimum atomic E-state index is 0.965. The third-order valence-corrected chi connectivity index (χ3v) is 11.0. The van der Waals surface area contributed by atoms with Crippen molar-refractivity contribution in [1.82, 2.24) is 29.1 Å². The van der Waals surface area contributed by atoms with Crippen molar-refractivity contribution >= 4 is 44.4 Å². The minimum Gasteiger partial charge on any atom is -0.366 e.